The number of aryl methyl sites for hydroxylation is 2. The minimum atomic E-state index is -0.0702. The summed E-state index contributed by atoms with van der Waals surface area (Å²) in [5.74, 6) is 1.09. The van der Waals surface area contributed by atoms with Gasteiger partial charge in [0.25, 0.3) is 5.89 Å². The van der Waals surface area contributed by atoms with E-state index in [1.54, 1.807) is 0 Å². The van der Waals surface area contributed by atoms with E-state index >= 15 is 0 Å². The van der Waals surface area contributed by atoms with Crippen LogP contribution in [-0.4, -0.2) is 27.6 Å². The summed E-state index contributed by atoms with van der Waals surface area (Å²) < 4.78 is 5.50. The van der Waals surface area contributed by atoms with Gasteiger partial charge in [-0.25, -0.2) is 0 Å². The van der Waals surface area contributed by atoms with Gasteiger partial charge < -0.3 is 14.4 Å². The Morgan fingerprint density at radius 3 is 2.93 bits per heavy atom. The molecule has 0 saturated carbocycles. The standard InChI is InChI=1S/C22H20N4O2/c1-13-3-4-14(2)19(9-13)26-12-17(11-20(26)27)21-24-22(28-25-21)16-6-5-15-7-8-23-18(15)10-16/h3-10,17,23H,11-12H2,1-2H3. The highest BCUT2D eigenvalue weighted by Crippen LogP contribution is 2.33. The molecule has 1 saturated heterocycles. The normalized spacial score (nSPS) is 17.0. The number of aromatic amines is 1. The molecule has 1 aliphatic rings. The Morgan fingerprint density at radius 1 is 1.14 bits per heavy atom. The van der Waals surface area contributed by atoms with Crippen molar-refractivity contribution in [2.24, 2.45) is 0 Å². The Kier molecular flexibility index (Phi) is 3.79. The Hall–Kier alpha value is -3.41. The first-order valence-electron chi connectivity index (χ1n) is 9.37. The van der Waals surface area contributed by atoms with Gasteiger partial charge >= 0.3 is 0 Å². The van der Waals surface area contributed by atoms with Crippen molar-refractivity contribution >= 4 is 22.5 Å². The molecule has 1 unspecified atom stereocenters. The third kappa shape index (κ3) is 2.78. The average molecular weight is 372 g/mol. The van der Waals surface area contributed by atoms with Crippen LogP contribution in [0.25, 0.3) is 22.4 Å². The number of carbonyl (C=O) groups is 1. The number of fused-ring (bicyclic) bond motifs is 1. The van der Waals surface area contributed by atoms with E-state index in [-0.39, 0.29) is 11.8 Å². The number of anilines is 1. The molecule has 1 atom stereocenters. The number of carbonyl (C=O) groups excluding carboxylic acids is 1. The zero-order chi connectivity index (χ0) is 19.3. The van der Waals surface area contributed by atoms with Crippen molar-refractivity contribution in [3.63, 3.8) is 0 Å². The van der Waals surface area contributed by atoms with Crippen LogP contribution in [0.5, 0.6) is 0 Å². The first kappa shape index (κ1) is 16.7. The van der Waals surface area contributed by atoms with E-state index in [4.69, 9.17) is 4.52 Å². The number of rotatable bonds is 3. The number of nitrogens with one attached hydrogen (secondary N) is 1. The predicted octanol–water partition coefficient (Wildman–Crippen LogP) is 4.36. The van der Waals surface area contributed by atoms with Gasteiger partial charge in [-0.3, -0.25) is 4.79 Å². The number of hydrogen-bond acceptors (Lipinski definition) is 4. The van der Waals surface area contributed by atoms with Crippen molar-refractivity contribution in [2.75, 3.05) is 11.4 Å². The minimum absolute atomic E-state index is 0.0702. The first-order chi connectivity index (χ1) is 13.6. The monoisotopic (exact) mass is 372 g/mol. The van der Waals surface area contributed by atoms with E-state index in [2.05, 4.69) is 33.3 Å². The Bertz CT molecular complexity index is 1190. The zero-order valence-electron chi connectivity index (χ0n) is 15.8. The van der Waals surface area contributed by atoms with Gasteiger partial charge in [-0.05, 0) is 54.6 Å². The van der Waals surface area contributed by atoms with Gasteiger partial charge in [0.2, 0.25) is 5.91 Å². The lowest BCUT2D eigenvalue weighted by atomic mass is 10.1. The van der Waals surface area contributed by atoms with Gasteiger partial charge in [-0.1, -0.05) is 23.4 Å². The van der Waals surface area contributed by atoms with E-state index in [0.29, 0.717) is 24.7 Å². The second kappa shape index (κ2) is 6.34. The van der Waals surface area contributed by atoms with Crippen molar-refractivity contribution in [3.05, 3.63) is 65.6 Å². The molecule has 2 aromatic heterocycles. The molecule has 5 rings (SSSR count). The maximum Gasteiger partial charge on any atom is 0.258 e. The van der Waals surface area contributed by atoms with Gasteiger partial charge in [0.05, 0.1) is 0 Å². The SMILES string of the molecule is Cc1ccc(C)c(N2CC(c3noc(-c4ccc5cc[nH]c5c4)n3)CC2=O)c1. The summed E-state index contributed by atoms with van der Waals surface area (Å²) in [6, 6.07) is 14.2. The summed E-state index contributed by atoms with van der Waals surface area (Å²) in [6.45, 7) is 4.63. The molecule has 1 amide bonds. The number of amides is 1. The van der Waals surface area contributed by atoms with E-state index in [1.807, 2.05) is 49.2 Å². The molecule has 1 fully saturated rings. The average Bonchev–Trinajstić information content (AvgIpc) is 3.42. The Labute approximate surface area is 162 Å². The van der Waals surface area contributed by atoms with E-state index in [0.717, 1.165) is 33.3 Å². The van der Waals surface area contributed by atoms with Crippen molar-refractivity contribution < 1.29 is 9.32 Å². The molecule has 4 aromatic rings. The van der Waals surface area contributed by atoms with Crippen LogP contribution < -0.4 is 4.90 Å². The molecule has 0 spiro atoms. The molecule has 0 radical (unpaired) electrons. The molecule has 28 heavy (non-hydrogen) atoms. The zero-order valence-corrected chi connectivity index (χ0v) is 15.8. The second-order valence-corrected chi connectivity index (χ2v) is 7.43. The van der Waals surface area contributed by atoms with Crippen LogP contribution in [0, 0.1) is 13.8 Å². The van der Waals surface area contributed by atoms with Crippen LogP contribution in [0.1, 0.15) is 29.3 Å². The number of H-pyrrole nitrogens is 1. The van der Waals surface area contributed by atoms with Crippen molar-refractivity contribution in [3.8, 4) is 11.5 Å². The van der Waals surface area contributed by atoms with E-state index < -0.39 is 0 Å². The fourth-order valence-corrected chi connectivity index (χ4v) is 3.82. The first-order valence-corrected chi connectivity index (χ1v) is 9.37. The highest BCUT2D eigenvalue weighted by Gasteiger charge is 2.35. The van der Waals surface area contributed by atoms with Gasteiger partial charge in [0.15, 0.2) is 5.82 Å². The van der Waals surface area contributed by atoms with E-state index in [1.165, 1.54) is 0 Å². The molecular formula is C22H20N4O2. The maximum absolute atomic E-state index is 12.7. The predicted molar refractivity (Wildman–Crippen MR) is 107 cm³/mol. The summed E-state index contributed by atoms with van der Waals surface area (Å²) in [6.07, 6.45) is 2.29. The summed E-state index contributed by atoms with van der Waals surface area (Å²) in [7, 11) is 0. The number of aromatic nitrogens is 3. The van der Waals surface area contributed by atoms with Crippen LogP contribution in [0.2, 0.25) is 0 Å². The third-order valence-corrected chi connectivity index (χ3v) is 5.39. The summed E-state index contributed by atoms with van der Waals surface area (Å²) >= 11 is 0. The van der Waals surface area contributed by atoms with Crippen LogP contribution in [0.15, 0.2) is 53.2 Å². The van der Waals surface area contributed by atoms with Gasteiger partial charge in [-0.15, -0.1) is 0 Å². The van der Waals surface area contributed by atoms with Crippen molar-refractivity contribution in [2.45, 2.75) is 26.2 Å². The van der Waals surface area contributed by atoms with Crippen molar-refractivity contribution in [1.29, 1.82) is 0 Å². The Balaban J connectivity index is 1.41. The minimum Gasteiger partial charge on any atom is -0.361 e. The number of hydrogen-bond donors (Lipinski definition) is 1. The summed E-state index contributed by atoms with van der Waals surface area (Å²) in [5, 5.41) is 5.30. The highest BCUT2D eigenvalue weighted by atomic mass is 16.5. The number of nitrogens with zero attached hydrogens (tertiary/aromatic N) is 3. The molecule has 1 aliphatic heterocycles. The quantitative estimate of drug-likeness (QED) is 0.580. The molecule has 0 aliphatic carbocycles. The lowest BCUT2D eigenvalue weighted by Crippen LogP contribution is -2.25. The van der Waals surface area contributed by atoms with Crippen molar-refractivity contribution in [1.82, 2.24) is 15.1 Å². The van der Waals surface area contributed by atoms with Crippen LogP contribution in [-0.2, 0) is 4.79 Å². The molecule has 6 heteroatoms. The Morgan fingerprint density at radius 2 is 2.04 bits per heavy atom. The van der Waals surface area contributed by atoms with Gasteiger partial charge in [0.1, 0.15) is 0 Å². The molecule has 0 bridgehead atoms. The number of benzene rings is 2. The summed E-state index contributed by atoms with van der Waals surface area (Å²) in [5.41, 5.74) is 5.08. The van der Waals surface area contributed by atoms with Gasteiger partial charge in [0, 0.05) is 41.8 Å². The summed E-state index contributed by atoms with van der Waals surface area (Å²) in [4.78, 5) is 22.3. The molecule has 140 valence electrons. The smallest absolute Gasteiger partial charge is 0.258 e. The lowest BCUT2D eigenvalue weighted by molar-refractivity contribution is -0.117. The maximum atomic E-state index is 12.7. The fraction of sp³-hybridized carbons (Fsp3) is 0.227. The molecule has 6 nitrogen and oxygen atoms in total. The molecule has 1 N–H and O–H groups in total. The second-order valence-electron chi connectivity index (χ2n) is 7.43. The molecular weight excluding hydrogens is 352 g/mol. The largest absolute Gasteiger partial charge is 0.361 e. The lowest BCUT2D eigenvalue weighted by Gasteiger charge is -2.19. The van der Waals surface area contributed by atoms with Crippen LogP contribution in [0.4, 0.5) is 5.69 Å². The van der Waals surface area contributed by atoms with Gasteiger partial charge in [-0.2, -0.15) is 4.98 Å². The molecule has 2 aromatic carbocycles. The van der Waals surface area contributed by atoms with E-state index in [9.17, 15) is 4.79 Å². The van der Waals surface area contributed by atoms with Crippen LogP contribution >= 0.6 is 0 Å². The van der Waals surface area contributed by atoms with Crippen LogP contribution in [0.3, 0.4) is 0 Å². The fourth-order valence-electron chi connectivity index (χ4n) is 3.82. The third-order valence-electron chi connectivity index (χ3n) is 5.39. The topological polar surface area (TPSA) is 75.0 Å². The highest BCUT2D eigenvalue weighted by molar-refractivity contribution is 5.97. The molecule has 3 heterocycles.